The molecule has 0 unspecified atom stereocenters. The van der Waals surface area contributed by atoms with Crippen molar-refractivity contribution in [1.82, 2.24) is 24.4 Å². The monoisotopic (exact) mass is 551 g/mol. The smallest absolute Gasteiger partial charge is 0.274 e. The summed E-state index contributed by atoms with van der Waals surface area (Å²) in [4.78, 5) is 45.7. The molecule has 1 aliphatic rings. The maximum atomic E-state index is 13.9. The van der Waals surface area contributed by atoms with Crippen LogP contribution in [-0.4, -0.2) is 25.0 Å². The van der Waals surface area contributed by atoms with Crippen LogP contribution in [-0.2, 0) is 26.4 Å². The predicted octanol–water partition coefficient (Wildman–Crippen LogP) is 5.65. The number of nitrogens with zero attached hydrogens (tertiary/aromatic N) is 2. The van der Waals surface area contributed by atoms with Gasteiger partial charge in [0.15, 0.2) is 0 Å². The van der Waals surface area contributed by atoms with Gasteiger partial charge in [0.2, 0.25) is 0 Å². The molecule has 0 radical (unpaired) electrons. The molecule has 1 aromatic carbocycles. The third-order valence-corrected chi connectivity index (χ3v) is 8.91. The highest BCUT2D eigenvalue weighted by molar-refractivity contribution is 6.09. The van der Waals surface area contributed by atoms with Crippen LogP contribution in [0.4, 0.5) is 0 Å². The van der Waals surface area contributed by atoms with Gasteiger partial charge >= 0.3 is 0 Å². The predicted molar refractivity (Wildman–Crippen MR) is 164 cm³/mol. The number of carbonyl (C=O) groups is 1. The molecule has 1 aliphatic carbocycles. The van der Waals surface area contributed by atoms with Gasteiger partial charge in [-0.25, -0.2) is 0 Å². The zero-order valence-corrected chi connectivity index (χ0v) is 24.2. The van der Waals surface area contributed by atoms with Crippen molar-refractivity contribution in [3.63, 3.8) is 0 Å². The van der Waals surface area contributed by atoms with E-state index in [1.165, 1.54) is 5.56 Å². The van der Waals surface area contributed by atoms with Crippen LogP contribution >= 0.6 is 0 Å². The molecule has 4 heterocycles. The molecule has 0 atom stereocenters. The minimum absolute atomic E-state index is 0.0974. The highest BCUT2D eigenvalue weighted by Crippen LogP contribution is 2.34. The van der Waals surface area contributed by atoms with Crippen LogP contribution in [0.15, 0.2) is 52.4 Å². The number of benzene rings is 1. The van der Waals surface area contributed by atoms with E-state index in [0.29, 0.717) is 22.7 Å². The molecule has 4 aromatic heterocycles. The lowest BCUT2D eigenvalue weighted by Gasteiger charge is -2.21. The Balaban J connectivity index is 1.47. The van der Waals surface area contributed by atoms with Gasteiger partial charge in [0, 0.05) is 76.9 Å². The summed E-state index contributed by atoms with van der Waals surface area (Å²) in [5.74, 6) is -0.223. The quantitative estimate of drug-likeness (QED) is 0.243. The van der Waals surface area contributed by atoms with Crippen LogP contribution in [0.2, 0.25) is 0 Å². The van der Waals surface area contributed by atoms with Gasteiger partial charge in [0.05, 0.1) is 0 Å². The number of nitrogens with one attached hydrogen (secondary N) is 3. The molecule has 0 saturated heterocycles. The minimum atomic E-state index is -0.223. The molecule has 0 saturated carbocycles. The number of rotatable bonds is 7. The third-order valence-electron chi connectivity index (χ3n) is 8.91. The van der Waals surface area contributed by atoms with Crippen molar-refractivity contribution in [1.29, 1.82) is 0 Å². The molecular weight excluding hydrogens is 514 g/mol. The van der Waals surface area contributed by atoms with Crippen molar-refractivity contribution in [2.45, 2.75) is 71.9 Å². The third kappa shape index (κ3) is 4.51. The SMILES string of the molecule is CCC(CC)n1ccc2c(C(=O)NCc3c4c(c(C)[nH]c3=O)CCCC4)cc(-c3cn(C)c(=O)c4[nH]ccc34)cc21. The van der Waals surface area contributed by atoms with Gasteiger partial charge in [-0.3, -0.25) is 14.4 Å². The van der Waals surface area contributed by atoms with Crippen LogP contribution in [0.5, 0.6) is 0 Å². The van der Waals surface area contributed by atoms with Gasteiger partial charge in [-0.2, -0.15) is 0 Å². The number of carbonyl (C=O) groups excluding carboxylic acids is 1. The summed E-state index contributed by atoms with van der Waals surface area (Å²) in [6.45, 7) is 6.49. The van der Waals surface area contributed by atoms with E-state index in [0.717, 1.165) is 77.2 Å². The van der Waals surface area contributed by atoms with Crippen LogP contribution in [0.3, 0.4) is 0 Å². The molecule has 8 heteroatoms. The molecular formula is C33H37N5O3. The second kappa shape index (κ2) is 10.6. The van der Waals surface area contributed by atoms with Crippen molar-refractivity contribution >= 4 is 27.7 Å². The van der Waals surface area contributed by atoms with Crippen molar-refractivity contribution in [3.05, 3.63) is 91.5 Å². The van der Waals surface area contributed by atoms with Gasteiger partial charge in [0.25, 0.3) is 17.0 Å². The Labute approximate surface area is 238 Å². The average molecular weight is 552 g/mol. The lowest BCUT2D eigenvalue weighted by molar-refractivity contribution is 0.0952. The van der Waals surface area contributed by atoms with E-state index in [4.69, 9.17) is 0 Å². The first-order valence-electron chi connectivity index (χ1n) is 14.7. The number of hydrogen-bond acceptors (Lipinski definition) is 3. The number of hydrogen-bond donors (Lipinski definition) is 3. The van der Waals surface area contributed by atoms with E-state index >= 15 is 0 Å². The molecule has 0 spiro atoms. The summed E-state index contributed by atoms with van der Waals surface area (Å²) in [5.41, 5.74) is 7.49. The normalized spacial score (nSPS) is 13.3. The zero-order valence-electron chi connectivity index (χ0n) is 24.2. The number of H-pyrrole nitrogens is 2. The molecule has 0 aliphatic heterocycles. The fourth-order valence-electron chi connectivity index (χ4n) is 6.67. The summed E-state index contributed by atoms with van der Waals surface area (Å²) < 4.78 is 3.83. The van der Waals surface area contributed by atoms with E-state index in [9.17, 15) is 14.4 Å². The highest BCUT2D eigenvalue weighted by atomic mass is 16.2. The van der Waals surface area contributed by atoms with Gasteiger partial charge < -0.3 is 24.4 Å². The van der Waals surface area contributed by atoms with E-state index in [1.807, 2.05) is 31.3 Å². The van der Waals surface area contributed by atoms with Crippen LogP contribution in [0.25, 0.3) is 32.9 Å². The number of pyridine rings is 2. The number of aryl methyl sites for hydroxylation is 2. The van der Waals surface area contributed by atoms with Crippen molar-refractivity contribution in [3.8, 4) is 11.1 Å². The lowest BCUT2D eigenvalue weighted by Crippen LogP contribution is -2.30. The Hall–Kier alpha value is -4.33. The fourth-order valence-corrected chi connectivity index (χ4v) is 6.67. The Bertz CT molecular complexity index is 1920. The molecule has 8 nitrogen and oxygen atoms in total. The fraction of sp³-hybridized carbons (Fsp3) is 0.364. The van der Waals surface area contributed by atoms with Crippen LogP contribution in [0.1, 0.15) is 78.3 Å². The molecule has 0 fully saturated rings. The maximum absolute atomic E-state index is 13.9. The summed E-state index contributed by atoms with van der Waals surface area (Å²) in [7, 11) is 1.74. The van der Waals surface area contributed by atoms with Crippen LogP contribution in [0, 0.1) is 6.92 Å². The molecule has 3 N–H and O–H groups in total. The highest BCUT2D eigenvalue weighted by Gasteiger charge is 2.22. The molecule has 5 aromatic rings. The Morgan fingerprint density at radius 1 is 1.05 bits per heavy atom. The summed E-state index contributed by atoms with van der Waals surface area (Å²) in [6, 6.07) is 8.25. The Morgan fingerprint density at radius 3 is 2.56 bits per heavy atom. The summed E-state index contributed by atoms with van der Waals surface area (Å²) >= 11 is 0. The van der Waals surface area contributed by atoms with Crippen molar-refractivity contribution in [2.75, 3.05) is 0 Å². The number of aromatic amines is 2. The summed E-state index contributed by atoms with van der Waals surface area (Å²) in [5, 5.41) is 4.77. The first kappa shape index (κ1) is 26.9. The molecule has 1 amide bonds. The van der Waals surface area contributed by atoms with E-state index in [2.05, 4.69) is 46.0 Å². The summed E-state index contributed by atoms with van der Waals surface area (Å²) in [6.07, 6.45) is 11.6. The first-order chi connectivity index (χ1) is 19.8. The minimum Gasteiger partial charge on any atom is -0.357 e. The average Bonchev–Trinajstić information content (AvgIpc) is 3.63. The molecule has 6 rings (SSSR count). The maximum Gasteiger partial charge on any atom is 0.274 e. The van der Waals surface area contributed by atoms with E-state index < -0.39 is 0 Å². The van der Waals surface area contributed by atoms with Crippen molar-refractivity contribution < 1.29 is 4.79 Å². The van der Waals surface area contributed by atoms with Gasteiger partial charge in [-0.05, 0) is 86.4 Å². The topological polar surface area (TPSA) is 105 Å². The Kier molecular flexibility index (Phi) is 6.93. The number of aromatic nitrogens is 4. The van der Waals surface area contributed by atoms with E-state index in [1.54, 1.807) is 17.8 Å². The second-order valence-corrected chi connectivity index (χ2v) is 11.3. The standard InChI is InChI=1S/C33H37N5O3/c1-5-21(6-2)38-14-12-24-26(31(39)35-17-27-23-10-8-7-9-22(23)19(3)36-32(27)40)15-20(16-29(24)38)28-18-37(4)33(41)30-25(28)11-13-34-30/h11-16,18,21,34H,5-10,17H2,1-4H3,(H,35,39)(H,36,40). The van der Waals surface area contributed by atoms with Crippen molar-refractivity contribution in [2.24, 2.45) is 7.05 Å². The number of fused-ring (bicyclic) bond motifs is 3. The first-order valence-corrected chi connectivity index (χ1v) is 14.7. The van der Waals surface area contributed by atoms with Gasteiger partial charge in [0.1, 0.15) is 5.52 Å². The molecule has 0 bridgehead atoms. The Morgan fingerprint density at radius 2 is 1.80 bits per heavy atom. The second-order valence-electron chi connectivity index (χ2n) is 11.3. The van der Waals surface area contributed by atoms with Gasteiger partial charge in [-0.1, -0.05) is 13.8 Å². The van der Waals surface area contributed by atoms with Gasteiger partial charge in [-0.15, -0.1) is 0 Å². The largest absolute Gasteiger partial charge is 0.357 e. The zero-order chi connectivity index (χ0) is 28.8. The molecule has 41 heavy (non-hydrogen) atoms. The number of amides is 1. The molecule has 212 valence electrons. The van der Waals surface area contributed by atoms with E-state index in [-0.39, 0.29) is 23.6 Å². The van der Waals surface area contributed by atoms with Crippen LogP contribution < -0.4 is 16.4 Å². The lowest BCUT2D eigenvalue weighted by atomic mass is 9.88.